The van der Waals surface area contributed by atoms with Crippen LogP contribution in [-0.2, 0) is 9.47 Å². The van der Waals surface area contributed by atoms with Crippen molar-refractivity contribution in [1.29, 1.82) is 0 Å². The second-order valence-corrected chi connectivity index (χ2v) is 6.05. The number of rotatable bonds is 2. The molecule has 0 aromatic rings. The lowest BCUT2D eigenvalue weighted by Crippen LogP contribution is -2.84. The van der Waals surface area contributed by atoms with Crippen molar-refractivity contribution in [2.45, 2.75) is 62.8 Å². The van der Waals surface area contributed by atoms with E-state index in [0.29, 0.717) is 0 Å². The zero-order valence-corrected chi connectivity index (χ0v) is 11.8. The standard InChI is InChI=1S/C12H24O6/c1-8(2)9(3,13)10(4,14)11(5,15)12(16,18-8)7-17-6/h13-16H,7H2,1-6H3. The number of methoxy groups -OCH3 is 1. The van der Waals surface area contributed by atoms with Crippen LogP contribution in [0.25, 0.3) is 0 Å². The van der Waals surface area contributed by atoms with Gasteiger partial charge in [-0.05, 0) is 34.6 Å². The largest absolute Gasteiger partial charge is 0.384 e. The molecular weight excluding hydrogens is 240 g/mol. The normalized spacial score (nSPS) is 52.3. The monoisotopic (exact) mass is 264 g/mol. The van der Waals surface area contributed by atoms with E-state index in [4.69, 9.17) is 9.47 Å². The van der Waals surface area contributed by atoms with Crippen molar-refractivity contribution < 1.29 is 29.9 Å². The van der Waals surface area contributed by atoms with E-state index in [1.807, 2.05) is 0 Å². The van der Waals surface area contributed by atoms with Crippen molar-refractivity contribution in [3.8, 4) is 0 Å². The molecule has 4 atom stereocenters. The second kappa shape index (κ2) is 3.88. The highest BCUT2D eigenvalue weighted by Gasteiger charge is 2.74. The maximum absolute atomic E-state index is 10.5. The van der Waals surface area contributed by atoms with Gasteiger partial charge >= 0.3 is 0 Å². The quantitative estimate of drug-likeness (QED) is 0.531. The summed E-state index contributed by atoms with van der Waals surface area (Å²) in [5.41, 5.74) is -7.18. The highest BCUT2D eigenvalue weighted by Crippen LogP contribution is 2.52. The van der Waals surface area contributed by atoms with Crippen molar-refractivity contribution in [2.75, 3.05) is 13.7 Å². The van der Waals surface area contributed by atoms with Gasteiger partial charge in [0, 0.05) is 7.11 Å². The fraction of sp³-hybridized carbons (Fsp3) is 1.00. The van der Waals surface area contributed by atoms with Crippen LogP contribution in [0.3, 0.4) is 0 Å². The van der Waals surface area contributed by atoms with E-state index in [-0.39, 0.29) is 6.61 Å². The molecule has 108 valence electrons. The molecule has 1 rings (SSSR count). The van der Waals surface area contributed by atoms with Crippen LogP contribution in [0, 0.1) is 0 Å². The first-order valence-corrected chi connectivity index (χ1v) is 5.85. The Balaban J connectivity index is 3.41. The van der Waals surface area contributed by atoms with E-state index < -0.39 is 28.2 Å². The van der Waals surface area contributed by atoms with Crippen LogP contribution < -0.4 is 0 Å². The molecule has 1 saturated heterocycles. The Hall–Kier alpha value is -0.240. The molecule has 0 bridgehead atoms. The minimum atomic E-state index is -2.13. The Morgan fingerprint density at radius 2 is 1.28 bits per heavy atom. The highest BCUT2D eigenvalue weighted by molar-refractivity contribution is 5.20. The van der Waals surface area contributed by atoms with Gasteiger partial charge in [-0.2, -0.15) is 0 Å². The van der Waals surface area contributed by atoms with Gasteiger partial charge in [0.05, 0.1) is 5.60 Å². The van der Waals surface area contributed by atoms with Crippen LogP contribution in [0.1, 0.15) is 34.6 Å². The van der Waals surface area contributed by atoms with Crippen molar-refractivity contribution in [3.63, 3.8) is 0 Å². The predicted molar refractivity (Wildman–Crippen MR) is 63.9 cm³/mol. The molecule has 0 saturated carbocycles. The highest BCUT2D eigenvalue weighted by atomic mass is 16.7. The number of aliphatic hydroxyl groups is 4. The maximum atomic E-state index is 10.5. The van der Waals surface area contributed by atoms with Gasteiger partial charge in [0.25, 0.3) is 0 Å². The number of hydrogen-bond acceptors (Lipinski definition) is 6. The third-order valence-corrected chi connectivity index (χ3v) is 4.59. The van der Waals surface area contributed by atoms with Gasteiger partial charge in [0.2, 0.25) is 5.79 Å². The molecule has 1 aliphatic rings. The Kier molecular flexibility index (Phi) is 3.41. The molecule has 4 unspecified atom stereocenters. The molecule has 1 heterocycles. The lowest BCUT2D eigenvalue weighted by molar-refractivity contribution is -0.454. The minimum absolute atomic E-state index is 0.338. The SMILES string of the molecule is COCC1(O)OC(C)(C)C(C)(O)C(C)(O)C1(C)O. The summed E-state index contributed by atoms with van der Waals surface area (Å²) in [6.45, 7) is 6.53. The van der Waals surface area contributed by atoms with E-state index in [9.17, 15) is 20.4 Å². The Morgan fingerprint density at radius 3 is 1.67 bits per heavy atom. The van der Waals surface area contributed by atoms with Crippen LogP contribution in [0.4, 0.5) is 0 Å². The lowest BCUT2D eigenvalue weighted by atomic mass is 9.61. The molecule has 6 heteroatoms. The Morgan fingerprint density at radius 1 is 0.833 bits per heavy atom. The summed E-state index contributed by atoms with van der Waals surface area (Å²) in [6, 6.07) is 0. The Bertz CT molecular complexity index is 333. The van der Waals surface area contributed by atoms with E-state index in [1.54, 1.807) is 0 Å². The molecule has 18 heavy (non-hydrogen) atoms. The number of ether oxygens (including phenoxy) is 2. The molecule has 1 aliphatic heterocycles. The van der Waals surface area contributed by atoms with Gasteiger partial charge < -0.3 is 29.9 Å². The topological polar surface area (TPSA) is 99.4 Å². The van der Waals surface area contributed by atoms with Gasteiger partial charge in [0.15, 0.2) is 0 Å². The molecular formula is C12H24O6. The van der Waals surface area contributed by atoms with Gasteiger partial charge in [-0.15, -0.1) is 0 Å². The smallest absolute Gasteiger partial charge is 0.222 e. The zero-order chi connectivity index (χ0) is 14.6. The first kappa shape index (κ1) is 15.8. The molecule has 0 spiro atoms. The Labute approximate surface area is 107 Å². The summed E-state index contributed by atoms with van der Waals surface area (Å²) in [5.74, 6) is -2.13. The van der Waals surface area contributed by atoms with Crippen LogP contribution in [0.15, 0.2) is 0 Å². The molecule has 4 N–H and O–H groups in total. The summed E-state index contributed by atoms with van der Waals surface area (Å²) in [4.78, 5) is 0. The van der Waals surface area contributed by atoms with E-state index in [2.05, 4.69) is 0 Å². The zero-order valence-electron chi connectivity index (χ0n) is 11.8. The molecule has 0 aromatic heterocycles. The van der Waals surface area contributed by atoms with Gasteiger partial charge in [0.1, 0.15) is 23.4 Å². The van der Waals surface area contributed by atoms with Crippen LogP contribution in [0.2, 0.25) is 0 Å². The third kappa shape index (κ3) is 1.64. The average molecular weight is 264 g/mol. The van der Waals surface area contributed by atoms with E-state index in [1.165, 1.54) is 41.7 Å². The summed E-state index contributed by atoms with van der Waals surface area (Å²) in [7, 11) is 1.34. The number of hydrogen-bond donors (Lipinski definition) is 4. The molecule has 0 aromatic carbocycles. The van der Waals surface area contributed by atoms with E-state index >= 15 is 0 Å². The fourth-order valence-corrected chi connectivity index (χ4v) is 2.43. The van der Waals surface area contributed by atoms with E-state index in [0.717, 1.165) is 0 Å². The van der Waals surface area contributed by atoms with Gasteiger partial charge in [-0.1, -0.05) is 0 Å². The third-order valence-electron chi connectivity index (χ3n) is 4.59. The summed E-state index contributed by atoms with van der Waals surface area (Å²) in [6.07, 6.45) is 0. The lowest BCUT2D eigenvalue weighted by Gasteiger charge is -2.64. The van der Waals surface area contributed by atoms with Gasteiger partial charge in [-0.25, -0.2) is 0 Å². The molecule has 6 nitrogen and oxygen atoms in total. The van der Waals surface area contributed by atoms with Crippen molar-refractivity contribution in [1.82, 2.24) is 0 Å². The van der Waals surface area contributed by atoms with Crippen LogP contribution >= 0.6 is 0 Å². The van der Waals surface area contributed by atoms with Crippen LogP contribution in [-0.4, -0.2) is 62.3 Å². The van der Waals surface area contributed by atoms with Crippen molar-refractivity contribution >= 4 is 0 Å². The van der Waals surface area contributed by atoms with Gasteiger partial charge in [-0.3, -0.25) is 0 Å². The first-order valence-electron chi connectivity index (χ1n) is 5.85. The van der Waals surface area contributed by atoms with Crippen molar-refractivity contribution in [2.24, 2.45) is 0 Å². The predicted octanol–water partition coefficient (Wildman–Crippen LogP) is -0.617. The second-order valence-electron chi connectivity index (χ2n) is 6.05. The maximum Gasteiger partial charge on any atom is 0.222 e. The minimum Gasteiger partial charge on any atom is -0.384 e. The summed E-state index contributed by atoms with van der Waals surface area (Å²) in [5, 5.41) is 41.9. The average Bonchev–Trinajstić information content (AvgIpc) is 2.14. The molecule has 0 amide bonds. The van der Waals surface area contributed by atoms with Crippen molar-refractivity contribution in [3.05, 3.63) is 0 Å². The van der Waals surface area contributed by atoms with Crippen LogP contribution in [0.5, 0.6) is 0 Å². The molecule has 0 aliphatic carbocycles. The molecule has 1 fully saturated rings. The fourth-order valence-electron chi connectivity index (χ4n) is 2.43. The molecule has 0 radical (unpaired) electrons. The first-order chi connectivity index (χ1) is 7.77. The summed E-state index contributed by atoms with van der Waals surface area (Å²) < 4.78 is 10.3. The summed E-state index contributed by atoms with van der Waals surface area (Å²) >= 11 is 0.